The first-order valence-electron chi connectivity index (χ1n) is 4.80. The molecule has 1 aliphatic carbocycles. The van der Waals surface area contributed by atoms with Gasteiger partial charge in [0, 0.05) is 10.6 Å². The Bertz CT molecular complexity index is 400. The van der Waals surface area contributed by atoms with Gasteiger partial charge in [0.05, 0.1) is 10.6 Å². The van der Waals surface area contributed by atoms with E-state index in [4.69, 9.17) is 23.2 Å². The summed E-state index contributed by atoms with van der Waals surface area (Å²) in [7, 11) is 0. The molecule has 1 unspecified atom stereocenters. The number of hydrogen-bond donors (Lipinski definition) is 1. The Kier molecular flexibility index (Phi) is 2.70. The molecule has 15 heavy (non-hydrogen) atoms. The Hall–Kier alpha value is -0.310. The number of benzene rings is 1. The van der Waals surface area contributed by atoms with E-state index in [9.17, 15) is 9.50 Å². The van der Waals surface area contributed by atoms with Crippen LogP contribution < -0.4 is 0 Å². The topological polar surface area (TPSA) is 20.2 Å². The Balaban J connectivity index is 2.47. The molecule has 1 atom stereocenters. The first-order chi connectivity index (χ1) is 6.93. The maximum absolute atomic E-state index is 13.3. The van der Waals surface area contributed by atoms with Crippen molar-refractivity contribution in [3.05, 3.63) is 33.6 Å². The van der Waals surface area contributed by atoms with Gasteiger partial charge in [-0.15, -0.1) is 0 Å². The minimum absolute atomic E-state index is 0.0182. The van der Waals surface area contributed by atoms with Crippen LogP contribution in [0, 0.1) is 11.7 Å². The second kappa shape index (κ2) is 3.62. The van der Waals surface area contributed by atoms with E-state index in [0.717, 1.165) is 12.8 Å². The third kappa shape index (κ3) is 1.99. The zero-order valence-corrected chi connectivity index (χ0v) is 9.74. The van der Waals surface area contributed by atoms with Gasteiger partial charge in [-0.2, -0.15) is 0 Å². The monoisotopic (exact) mass is 248 g/mol. The van der Waals surface area contributed by atoms with Gasteiger partial charge in [-0.25, -0.2) is 4.39 Å². The molecule has 0 amide bonds. The Labute approximate surface area is 97.8 Å². The van der Waals surface area contributed by atoms with Gasteiger partial charge in [-0.1, -0.05) is 23.2 Å². The second-order valence-electron chi connectivity index (χ2n) is 4.17. The van der Waals surface area contributed by atoms with Crippen LogP contribution in [0.1, 0.15) is 25.3 Å². The number of aliphatic hydroxyl groups is 1. The predicted octanol–water partition coefficient (Wildman–Crippen LogP) is 3.75. The zero-order valence-electron chi connectivity index (χ0n) is 8.23. The maximum atomic E-state index is 13.3. The normalized spacial score (nSPS) is 20.1. The van der Waals surface area contributed by atoms with Crippen molar-refractivity contribution < 1.29 is 9.50 Å². The van der Waals surface area contributed by atoms with E-state index in [-0.39, 0.29) is 10.9 Å². The van der Waals surface area contributed by atoms with Crippen LogP contribution in [0.5, 0.6) is 0 Å². The highest BCUT2D eigenvalue weighted by molar-refractivity contribution is 6.35. The highest BCUT2D eigenvalue weighted by Crippen LogP contribution is 2.47. The van der Waals surface area contributed by atoms with Crippen molar-refractivity contribution in [3.63, 3.8) is 0 Å². The van der Waals surface area contributed by atoms with Crippen LogP contribution in [0.2, 0.25) is 10.0 Å². The van der Waals surface area contributed by atoms with Crippen molar-refractivity contribution >= 4 is 23.2 Å². The lowest BCUT2D eigenvalue weighted by atomic mass is 9.91. The number of hydrogen-bond acceptors (Lipinski definition) is 1. The molecule has 1 aromatic carbocycles. The van der Waals surface area contributed by atoms with Crippen LogP contribution in [0.25, 0.3) is 0 Å². The summed E-state index contributed by atoms with van der Waals surface area (Å²) in [5.41, 5.74) is -0.628. The lowest BCUT2D eigenvalue weighted by Gasteiger charge is -2.24. The Morgan fingerprint density at radius 3 is 2.47 bits per heavy atom. The summed E-state index contributed by atoms with van der Waals surface area (Å²) in [6.07, 6.45) is 1.90. The molecule has 2 rings (SSSR count). The van der Waals surface area contributed by atoms with Gasteiger partial charge in [0.1, 0.15) is 5.82 Å². The van der Waals surface area contributed by atoms with E-state index >= 15 is 0 Å². The SMILES string of the molecule is CC(O)(c1cc(F)c(Cl)cc1Cl)C1CC1. The highest BCUT2D eigenvalue weighted by Gasteiger charge is 2.42. The molecular formula is C11H11Cl2FO. The maximum Gasteiger partial charge on any atom is 0.142 e. The van der Waals surface area contributed by atoms with E-state index in [2.05, 4.69) is 0 Å². The summed E-state index contributed by atoms with van der Waals surface area (Å²) in [6.45, 7) is 1.67. The van der Waals surface area contributed by atoms with Crippen LogP contribution in [-0.2, 0) is 5.60 Å². The third-order valence-corrected chi connectivity index (χ3v) is 3.53. The van der Waals surface area contributed by atoms with E-state index < -0.39 is 11.4 Å². The van der Waals surface area contributed by atoms with Crippen molar-refractivity contribution in [2.24, 2.45) is 5.92 Å². The molecule has 1 aliphatic rings. The van der Waals surface area contributed by atoms with Gasteiger partial charge in [-0.05, 0) is 37.8 Å². The first kappa shape index (κ1) is 11.2. The van der Waals surface area contributed by atoms with Gasteiger partial charge in [0.2, 0.25) is 0 Å². The molecular weight excluding hydrogens is 238 g/mol. The van der Waals surface area contributed by atoms with E-state index in [1.54, 1.807) is 6.92 Å². The summed E-state index contributed by atoms with van der Waals surface area (Å²) in [5.74, 6) is -0.368. The molecule has 0 spiro atoms. The van der Waals surface area contributed by atoms with Gasteiger partial charge < -0.3 is 5.11 Å². The molecule has 0 bridgehead atoms. The molecule has 0 saturated heterocycles. The Morgan fingerprint density at radius 1 is 1.33 bits per heavy atom. The molecule has 4 heteroatoms. The standard InChI is InChI=1S/C11H11Cl2FO/c1-11(15,6-2-3-6)7-4-10(14)9(13)5-8(7)12/h4-6,15H,2-3H2,1H3. The van der Waals surface area contributed by atoms with Crippen molar-refractivity contribution in [2.45, 2.75) is 25.4 Å². The van der Waals surface area contributed by atoms with E-state index in [1.165, 1.54) is 12.1 Å². The average molecular weight is 249 g/mol. The van der Waals surface area contributed by atoms with E-state index in [1.807, 2.05) is 0 Å². The Morgan fingerprint density at radius 2 is 1.93 bits per heavy atom. The van der Waals surface area contributed by atoms with Gasteiger partial charge in [0.15, 0.2) is 0 Å². The molecule has 0 radical (unpaired) electrons. The average Bonchev–Trinajstić information content (AvgIpc) is 2.93. The van der Waals surface area contributed by atoms with Crippen molar-refractivity contribution in [1.29, 1.82) is 0 Å². The highest BCUT2D eigenvalue weighted by atomic mass is 35.5. The molecule has 1 fully saturated rings. The lowest BCUT2D eigenvalue weighted by Crippen LogP contribution is -2.24. The van der Waals surface area contributed by atoms with Crippen molar-refractivity contribution in [3.8, 4) is 0 Å². The first-order valence-corrected chi connectivity index (χ1v) is 5.56. The van der Waals surface area contributed by atoms with Crippen molar-refractivity contribution in [1.82, 2.24) is 0 Å². The fraction of sp³-hybridized carbons (Fsp3) is 0.455. The van der Waals surface area contributed by atoms with Gasteiger partial charge in [0.25, 0.3) is 0 Å². The largest absolute Gasteiger partial charge is 0.385 e. The second-order valence-corrected chi connectivity index (χ2v) is 4.98. The van der Waals surface area contributed by atoms with Crippen LogP contribution in [-0.4, -0.2) is 5.11 Å². The number of halogens is 3. The molecule has 1 aromatic rings. The molecule has 1 nitrogen and oxygen atoms in total. The quantitative estimate of drug-likeness (QED) is 0.791. The molecule has 82 valence electrons. The third-order valence-electron chi connectivity index (χ3n) is 2.93. The summed E-state index contributed by atoms with van der Waals surface area (Å²) in [5, 5.41) is 10.5. The molecule has 1 saturated carbocycles. The molecule has 0 aliphatic heterocycles. The summed E-state index contributed by atoms with van der Waals surface area (Å²) >= 11 is 11.5. The zero-order chi connectivity index (χ0) is 11.2. The minimum atomic E-state index is -1.05. The fourth-order valence-electron chi connectivity index (χ4n) is 1.78. The van der Waals surface area contributed by atoms with E-state index in [0.29, 0.717) is 10.6 Å². The molecule has 1 N–H and O–H groups in total. The summed E-state index contributed by atoms with van der Waals surface area (Å²) < 4.78 is 13.3. The minimum Gasteiger partial charge on any atom is -0.385 e. The smallest absolute Gasteiger partial charge is 0.142 e. The molecule has 0 heterocycles. The predicted molar refractivity (Wildman–Crippen MR) is 58.7 cm³/mol. The van der Waals surface area contributed by atoms with Crippen molar-refractivity contribution in [2.75, 3.05) is 0 Å². The lowest BCUT2D eigenvalue weighted by molar-refractivity contribution is 0.0329. The number of rotatable bonds is 2. The summed E-state index contributed by atoms with van der Waals surface area (Å²) in [4.78, 5) is 0. The molecule has 0 aromatic heterocycles. The van der Waals surface area contributed by atoms with Crippen LogP contribution in [0.15, 0.2) is 12.1 Å². The van der Waals surface area contributed by atoms with Crippen LogP contribution >= 0.6 is 23.2 Å². The van der Waals surface area contributed by atoms with Gasteiger partial charge in [-0.3, -0.25) is 0 Å². The fourth-order valence-corrected chi connectivity index (χ4v) is 2.35. The van der Waals surface area contributed by atoms with Gasteiger partial charge >= 0.3 is 0 Å². The van der Waals surface area contributed by atoms with Crippen LogP contribution in [0.3, 0.4) is 0 Å². The van der Waals surface area contributed by atoms with Crippen LogP contribution in [0.4, 0.5) is 4.39 Å². The summed E-state index contributed by atoms with van der Waals surface area (Å²) in [6, 6.07) is 2.56.